The van der Waals surface area contributed by atoms with Crippen LogP contribution in [-0.4, -0.2) is 120 Å². The molecule has 65 heavy (non-hydrogen) atoms. The lowest BCUT2D eigenvalue weighted by Gasteiger charge is -2.34. The van der Waals surface area contributed by atoms with Crippen molar-refractivity contribution in [1.82, 2.24) is 30.7 Å². The van der Waals surface area contributed by atoms with Crippen molar-refractivity contribution in [1.29, 1.82) is 0 Å². The van der Waals surface area contributed by atoms with Crippen LogP contribution >= 0.6 is 7.82 Å². The molecule has 364 valence electrons. The predicted octanol–water partition coefficient (Wildman–Crippen LogP) is 0.455. The third kappa shape index (κ3) is 17.2. The number of nitrogens with one attached hydrogen (secondary N) is 4. The highest BCUT2D eigenvalue weighted by molar-refractivity contribution is 7.46. The summed E-state index contributed by atoms with van der Waals surface area (Å²) in [6.45, 7) is 16.8. The Morgan fingerprint density at radius 1 is 0.938 bits per heavy atom. The minimum atomic E-state index is -5.10. The summed E-state index contributed by atoms with van der Waals surface area (Å²) in [5, 5.41) is 30.2. The normalized spacial score (nSPS) is 17.4. The van der Waals surface area contributed by atoms with Gasteiger partial charge in [-0.1, -0.05) is 71.9 Å². The first-order chi connectivity index (χ1) is 30.1. The molecule has 0 saturated carbocycles. The molecule has 1 fully saturated rings. The number of aryl methyl sites for hydroxylation is 1. The van der Waals surface area contributed by atoms with Crippen LogP contribution < -0.4 is 31.6 Å². The summed E-state index contributed by atoms with van der Waals surface area (Å²) in [5.74, 6) is -4.54. The number of aliphatic hydroxyl groups is 2. The van der Waals surface area contributed by atoms with Crippen molar-refractivity contribution < 1.29 is 62.4 Å². The zero-order valence-corrected chi connectivity index (χ0v) is 40.0. The number of nitrogens with two attached hydrogens (primary N) is 1. The molecule has 2 heterocycles. The Hall–Kier alpha value is -4.72. The van der Waals surface area contributed by atoms with Crippen molar-refractivity contribution in [2.24, 2.45) is 17.1 Å². The smallest absolute Gasteiger partial charge is 0.394 e. The van der Waals surface area contributed by atoms with E-state index in [9.17, 15) is 53.3 Å². The number of primary amides is 1. The Bertz CT molecular complexity index is 2010. The number of hydrogen-bond donors (Lipinski definition) is 9. The van der Waals surface area contributed by atoms with E-state index in [1.54, 1.807) is 6.20 Å². The summed E-state index contributed by atoms with van der Waals surface area (Å²) >= 11 is 0. The van der Waals surface area contributed by atoms with Gasteiger partial charge in [-0.05, 0) is 56.4 Å². The predicted molar refractivity (Wildman–Crippen MR) is 239 cm³/mol. The van der Waals surface area contributed by atoms with E-state index in [-0.39, 0.29) is 41.9 Å². The second-order valence-electron chi connectivity index (χ2n) is 19.1. The van der Waals surface area contributed by atoms with Gasteiger partial charge in [-0.3, -0.25) is 33.3 Å². The Morgan fingerprint density at radius 3 is 2.14 bits per heavy atom. The van der Waals surface area contributed by atoms with Crippen molar-refractivity contribution in [3.63, 3.8) is 0 Å². The average Bonchev–Trinajstić information content (AvgIpc) is 3.84. The van der Waals surface area contributed by atoms with Crippen LogP contribution in [0, 0.1) is 11.3 Å². The maximum absolute atomic E-state index is 14.4. The minimum Gasteiger partial charge on any atom is -0.394 e. The van der Waals surface area contributed by atoms with Crippen LogP contribution in [0.2, 0.25) is 0 Å². The van der Waals surface area contributed by atoms with Crippen molar-refractivity contribution in [2.45, 2.75) is 162 Å². The summed E-state index contributed by atoms with van der Waals surface area (Å²) in [7, 11) is -5.10. The molecule has 0 radical (unpaired) electrons. The summed E-state index contributed by atoms with van der Waals surface area (Å²) in [4.78, 5) is 100. The quantitative estimate of drug-likeness (QED) is 0.0485. The SMILES string of the molecule is CC(=O)N1CCCC1C(=O)NC(CC(C)C)C(=O)NC(Cc1c[n+](CCC(O)CO)cn1CC(C)(C)CC(C)(C)c1ccccc1)C(=O)NC(C)C(=O)NC(C(N)=O)C(C)OP(=O)(O)O. The van der Waals surface area contributed by atoms with Gasteiger partial charge in [-0.25, -0.2) is 13.7 Å². The Morgan fingerprint density at radius 2 is 1.57 bits per heavy atom. The molecule has 7 atom stereocenters. The van der Waals surface area contributed by atoms with Crippen LogP contribution in [0.1, 0.15) is 106 Å². The van der Waals surface area contributed by atoms with Crippen molar-refractivity contribution in [3.05, 3.63) is 54.1 Å². The maximum Gasteiger partial charge on any atom is 0.469 e. The highest BCUT2D eigenvalue weighted by atomic mass is 31.2. The minimum absolute atomic E-state index is 0.0995. The van der Waals surface area contributed by atoms with E-state index >= 15 is 0 Å². The van der Waals surface area contributed by atoms with E-state index in [0.29, 0.717) is 38.2 Å². The number of aromatic nitrogens is 2. The number of amides is 6. The third-order valence-electron chi connectivity index (χ3n) is 11.5. The number of nitrogens with zero attached hydrogens (tertiary/aromatic N) is 3. The topological polar surface area (TPSA) is 296 Å². The van der Waals surface area contributed by atoms with Gasteiger partial charge in [0.2, 0.25) is 41.8 Å². The molecular formula is C44H72N8O12P+. The molecule has 0 spiro atoms. The van der Waals surface area contributed by atoms with E-state index in [2.05, 4.69) is 65.6 Å². The molecule has 1 aromatic carbocycles. The lowest BCUT2D eigenvalue weighted by molar-refractivity contribution is -0.697. The Kier molecular flexibility index (Phi) is 19.9. The number of phosphoric ester groups is 1. The van der Waals surface area contributed by atoms with Gasteiger partial charge >= 0.3 is 7.82 Å². The fourth-order valence-electron chi connectivity index (χ4n) is 8.51. The van der Waals surface area contributed by atoms with Gasteiger partial charge < -0.3 is 51.9 Å². The summed E-state index contributed by atoms with van der Waals surface area (Å²) in [6.07, 6.45) is 3.07. The maximum atomic E-state index is 14.4. The summed E-state index contributed by atoms with van der Waals surface area (Å²) < 4.78 is 19.8. The zero-order chi connectivity index (χ0) is 49.0. The van der Waals surface area contributed by atoms with Gasteiger partial charge in [0.05, 0.1) is 31.9 Å². The first-order valence-corrected chi connectivity index (χ1v) is 23.6. The lowest BCUT2D eigenvalue weighted by Crippen LogP contribution is -2.60. The molecule has 10 N–H and O–H groups in total. The monoisotopic (exact) mass is 936 g/mol. The Balaban J connectivity index is 2.04. The largest absolute Gasteiger partial charge is 0.469 e. The molecule has 0 bridgehead atoms. The number of carbonyl (C=O) groups excluding carboxylic acids is 6. The molecule has 21 heteroatoms. The van der Waals surface area contributed by atoms with E-state index in [0.717, 1.165) is 18.9 Å². The number of imidazole rings is 1. The number of hydrogen-bond acceptors (Lipinski definition) is 10. The van der Waals surface area contributed by atoms with Gasteiger partial charge in [0.25, 0.3) is 0 Å². The van der Waals surface area contributed by atoms with E-state index in [1.165, 1.54) is 18.7 Å². The average molecular weight is 936 g/mol. The van der Waals surface area contributed by atoms with E-state index < -0.39 is 86.4 Å². The molecule has 7 unspecified atom stereocenters. The van der Waals surface area contributed by atoms with Crippen LogP contribution in [0.3, 0.4) is 0 Å². The van der Waals surface area contributed by atoms with Gasteiger partial charge in [0.15, 0.2) is 0 Å². The first kappa shape index (κ1) is 54.6. The molecule has 3 rings (SSSR count). The number of aliphatic hydroxyl groups excluding tert-OH is 2. The number of carbonyl (C=O) groups is 6. The second-order valence-corrected chi connectivity index (χ2v) is 20.3. The second kappa shape index (κ2) is 23.6. The molecule has 2 aromatic rings. The molecule has 1 aliphatic heterocycles. The molecule has 1 saturated heterocycles. The third-order valence-corrected chi connectivity index (χ3v) is 12.1. The van der Waals surface area contributed by atoms with Crippen LogP contribution in [0.15, 0.2) is 42.9 Å². The summed E-state index contributed by atoms with van der Waals surface area (Å²) in [5.41, 5.74) is 6.56. The van der Waals surface area contributed by atoms with Crippen LogP contribution in [0.5, 0.6) is 0 Å². The fourth-order valence-corrected chi connectivity index (χ4v) is 9.07. The molecule has 1 aromatic heterocycles. The van der Waals surface area contributed by atoms with Crippen molar-refractivity contribution >= 4 is 43.3 Å². The van der Waals surface area contributed by atoms with Gasteiger partial charge in [0, 0.05) is 31.7 Å². The summed E-state index contributed by atoms with van der Waals surface area (Å²) in [6, 6.07) is 3.72. The first-order valence-electron chi connectivity index (χ1n) is 22.1. The lowest BCUT2D eigenvalue weighted by atomic mass is 9.71. The molecular weight excluding hydrogens is 864 g/mol. The number of rotatable bonds is 25. The van der Waals surface area contributed by atoms with Gasteiger partial charge in [0.1, 0.15) is 42.1 Å². The molecule has 6 amide bonds. The van der Waals surface area contributed by atoms with Crippen molar-refractivity contribution in [3.8, 4) is 0 Å². The Labute approximate surface area is 381 Å². The van der Waals surface area contributed by atoms with Crippen LogP contribution in [0.4, 0.5) is 0 Å². The standard InChI is InChI=1S/C44H71N8O12P/c1-27(2)20-34(48-42(60)36-16-13-18-52(36)30(5)54)41(59)47-35(40(58)46-28(3)39(57)49-37(38(45)56)29(4)64-65(61,62)63)21-32-22-50(19-17-33(55)23-53)26-51(32)25-43(6,7)24-44(8,9)31-14-11-10-12-15-31/h10-12,14-15,22,26-29,33-37,53,55H,13,16-21,23-25H2,1-9H3,(H7-,45,46,47,48,49,56,57,58,59,60,61,62,63)/p+1. The van der Waals surface area contributed by atoms with E-state index in [1.807, 2.05) is 47.5 Å². The number of phosphoric acid groups is 1. The molecule has 0 aliphatic carbocycles. The van der Waals surface area contributed by atoms with Crippen LogP contribution in [0.25, 0.3) is 0 Å². The highest BCUT2D eigenvalue weighted by Gasteiger charge is 2.38. The van der Waals surface area contributed by atoms with E-state index in [4.69, 9.17) is 5.73 Å². The van der Waals surface area contributed by atoms with Gasteiger partial charge in [-0.15, -0.1) is 0 Å². The number of benzene rings is 1. The number of likely N-dealkylation sites (tertiary alicyclic amines) is 1. The highest BCUT2D eigenvalue weighted by Crippen LogP contribution is 2.39. The van der Waals surface area contributed by atoms with Gasteiger partial charge in [-0.2, -0.15) is 0 Å². The molecule has 20 nitrogen and oxygen atoms in total. The van der Waals surface area contributed by atoms with Crippen LogP contribution in [-0.2, 0) is 62.8 Å². The zero-order valence-electron chi connectivity index (χ0n) is 39.2. The van der Waals surface area contributed by atoms with Crippen molar-refractivity contribution in [2.75, 3.05) is 13.2 Å². The fraction of sp³-hybridized carbons (Fsp3) is 0.659. The molecule has 1 aliphatic rings.